The zero-order chi connectivity index (χ0) is 22.8. The number of anilines is 3. The van der Waals surface area contributed by atoms with Gasteiger partial charge in [0, 0.05) is 35.4 Å². The summed E-state index contributed by atoms with van der Waals surface area (Å²) < 4.78 is 20.8. The highest BCUT2D eigenvalue weighted by molar-refractivity contribution is 5.68. The highest BCUT2D eigenvalue weighted by Gasteiger charge is 2.29. The lowest BCUT2D eigenvalue weighted by Gasteiger charge is -2.30. The minimum atomic E-state index is -0.337. The van der Waals surface area contributed by atoms with E-state index in [1.54, 1.807) is 24.7 Å². The molecular weight excluding hydrogens is 419 g/mol. The fourth-order valence-electron chi connectivity index (χ4n) is 5.00. The molecule has 0 radical (unpaired) electrons. The summed E-state index contributed by atoms with van der Waals surface area (Å²) >= 11 is 0. The Bertz CT molecular complexity index is 1090. The number of hydrogen-bond donors (Lipinski definition) is 3. The topological polar surface area (TPSA) is 92.2 Å². The van der Waals surface area contributed by atoms with Crippen LogP contribution in [-0.2, 0) is 0 Å². The molecule has 3 aromatic rings. The molecule has 33 heavy (non-hydrogen) atoms. The van der Waals surface area contributed by atoms with Crippen LogP contribution in [-0.4, -0.2) is 40.5 Å². The molecule has 2 unspecified atom stereocenters. The van der Waals surface area contributed by atoms with Gasteiger partial charge in [-0.05, 0) is 63.5 Å². The molecule has 0 bridgehead atoms. The summed E-state index contributed by atoms with van der Waals surface area (Å²) in [5.41, 5.74) is 8.78. The number of likely N-dealkylation sites (tertiary alicyclic amines) is 1. The molecule has 1 saturated carbocycles. The van der Waals surface area contributed by atoms with Gasteiger partial charge in [0.1, 0.15) is 11.6 Å². The summed E-state index contributed by atoms with van der Waals surface area (Å²) in [5, 5.41) is 6.70. The Morgan fingerprint density at radius 1 is 1.12 bits per heavy atom. The van der Waals surface area contributed by atoms with Gasteiger partial charge in [0.2, 0.25) is 0 Å². The van der Waals surface area contributed by atoms with Gasteiger partial charge in [-0.2, -0.15) is 0 Å². The van der Waals surface area contributed by atoms with Gasteiger partial charge in [0.25, 0.3) is 0 Å². The molecule has 0 aromatic carbocycles. The monoisotopic (exact) mass is 450 g/mol. The zero-order valence-electron chi connectivity index (χ0n) is 18.9. The number of rotatable bonds is 6. The van der Waals surface area contributed by atoms with Gasteiger partial charge in [-0.25, -0.2) is 9.37 Å². The maximum absolute atomic E-state index is 15.2. The fraction of sp³-hybridized carbons (Fsp3) is 0.440. The summed E-state index contributed by atoms with van der Waals surface area (Å²) in [4.78, 5) is 11.3. The summed E-state index contributed by atoms with van der Waals surface area (Å²) in [7, 11) is 2.08. The third kappa shape index (κ3) is 4.72. The second-order valence-electron chi connectivity index (χ2n) is 9.16. The smallest absolute Gasteiger partial charge is 0.165 e. The van der Waals surface area contributed by atoms with Gasteiger partial charge in [0.15, 0.2) is 11.6 Å². The number of aromatic nitrogens is 2. The van der Waals surface area contributed by atoms with E-state index in [0.29, 0.717) is 5.82 Å². The quantitative estimate of drug-likeness (QED) is 0.483. The minimum absolute atomic E-state index is 0.00572. The van der Waals surface area contributed by atoms with Crippen LogP contribution in [0.25, 0.3) is 11.3 Å². The Morgan fingerprint density at radius 2 is 2.00 bits per heavy atom. The first-order valence-electron chi connectivity index (χ1n) is 11.8. The first-order valence-corrected chi connectivity index (χ1v) is 11.8. The van der Waals surface area contributed by atoms with E-state index >= 15 is 4.39 Å². The highest BCUT2D eigenvalue weighted by atomic mass is 19.1. The third-order valence-corrected chi connectivity index (χ3v) is 6.83. The lowest BCUT2D eigenvalue weighted by molar-refractivity contribution is 0.317. The maximum Gasteiger partial charge on any atom is 0.165 e. The molecule has 174 valence electrons. The normalized spacial score (nSPS) is 23.5. The molecule has 4 heterocycles. The summed E-state index contributed by atoms with van der Waals surface area (Å²) in [5.74, 6) is 1.29. The Kier molecular flexibility index (Phi) is 6.28. The van der Waals surface area contributed by atoms with Gasteiger partial charge < -0.3 is 20.8 Å². The lowest BCUT2D eigenvalue weighted by Crippen LogP contribution is -2.43. The van der Waals surface area contributed by atoms with Crippen LogP contribution in [0.1, 0.15) is 50.1 Å². The van der Waals surface area contributed by atoms with E-state index < -0.39 is 0 Å². The van der Waals surface area contributed by atoms with Crippen LogP contribution < -0.4 is 16.4 Å². The molecule has 1 aliphatic heterocycles. The maximum atomic E-state index is 15.2. The number of pyridine rings is 2. The largest absolute Gasteiger partial charge is 0.464 e. The van der Waals surface area contributed by atoms with Crippen LogP contribution in [0.3, 0.4) is 0 Å². The van der Waals surface area contributed by atoms with Crippen molar-refractivity contribution in [3.8, 4) is 11.3 Å². The van der Waals surface area contributed by atoms with Crippen molar-refractivity contribution in [1.82, 2.24) is 14.9 Å². The SMILES string of the molecule is CN1CCC[C@H]1c1cc(F)c(NC2CCCCC2N)nc1Nc1cncc(-c2ccco2)c1. The van der Waals surface area contributed by atoms with Gasteiger partial charge in [-0.3, -0.25) is 9.88 Å². The van der Waals surface area contributed by atoms with Crippen LogP contribution in [0, 0.1) is 5.82 Å². The second kappa shape index (κ2) is 9.49. The number of halogens is 1. The van der Waals surface area contributed by atoms with E-state index in [4.69, 9.17) is 15.1 Å². The predicted octanol–water partition coefficient (Wildman–Crippen LogP) is 5.07. The molecule has 1 saturated heterocycles. The predicted molar refractivity (Wildman–Crippen MR) is 128 cm³/mol. The summed E-state index contributed by atoms with van der Waals surface area (Å²) in [6.07, 6.45) is 11.3. The average molecular weight is 451 g/mol. The van der Waals surface area contributed by atoms with Crippen molar-refractivity contribution in [1.29, 1.82) is 0 Å². The van der Waals surface area contributed by atoms with E-state index in [1.807, 2.05) is 18.2 Å². The molecule has 0 amide bonds. The first kappa shape index (κ1) is 21.9. The molecule has 7 nitrogen and oxygen atoms in total. The molecule has 0 spiro atoms. The summed E-state index contributed by atoms with van der Waals surface area (Å²) in [6.45, 7) is 0.984. The number of nitrogens with zero attached hydrogens (tertiary/aromatic N) is 3. The standard InChI is InChI=1S/C25H31FN6O/c1-32-10-4-8-22(32)18-13-19(26)25(30-21-7-3-2-6-20(21)27)31-24(18)29-17-12-16(14-28-15-17)23-9-5-11-33-23/h5,9,11-15,20-22H,2-4,6-8,10,27H2,1H3,(H2,29,30,31)/t20?,21?,22-/m0/s1. The number of furan rings is 1. The molecular formula is C25H31FN6O. The van der Waals surface area contributed by atoms with Crippen molar-refractivity contribution in [2.75, 3.05) is 24.2 Å². The first-order chi connectivity index (χ1) is 16.1. The fourth-order valence-corrected chi connectivity index (χ4v) is 5.00. The second-order valence-corrected chi connectivity index (χ2v) is 9.16. The number of nitrogens with one attached hydrogen (secondary N) is 2. The van der Waals surface area contributed by atoms with E-state index in [9.17, 15) is 0 Å². The Labute approximate surface area is 193 Å². The van der Waals surface area contributed by atoms with Crippen molar-refractivity contribution >= 4 is 17.3 Å². The van der Waals surface area contributed by atoms with Crippen LogP contribution in [0.2, 0.25) is 0 Å². The molecule has 4 N–H and O–H groups in total. The summed E-state index contributed by atoms with van der Waals surface area (Å²) in [6, 6.07) is 7.47. The van der Waals surface area contributed by atoms with Gasteiger partial charge in [-0.1, -0.05) is 12.8 Å². The molecule has 2 fully saturated rings. The molecule has 3 aromatic heterocycles. The van der Waals surface area contributed by atoms with Crippen LogP contribution >= 0.6 is 0 Å². The van der Waals surface area contributed by atoms with Crippen molar-refractivity contribution in [3.05, 3.63) is 54.3 Å². The van der Waals surface area contributed by atoms with E-state index in [2.05, 4.69) is 27.6 Å². The van der Waals surface area contributed by atoms with E-state index in [0.717, 1.165) is 67.6 Å². The van der Waals surface area contributed by atoms with Gasteiger partial charge >= 0.3 is 0 Å². The van der Waals surface area contributed by atoms with Crippen LogP contribution in [0.15, 0.2) is 47.3 Å². The van der Waals surface area contributed by atoms with Crippen LogP contribution in [0.5, 0.6) is 0 Å². The molecule has 1 aliphatic carbocycles. The minimum Gasteiger partial charge on any atom is -0.464 e. The Balaban J connectivity index is 1.49. The molecule has 2 aliphatic rings. The Hall–Kier alpha value is -2.97. The van der Waals surface area contributed by atoms with E-state index in [1.165, 1.54) is 0 Å². The molecule has 8 heteroatoms. The average Bonchev–Trinajstić information content (AvgIpc) is 3.50. The van der Waals surface area contributed by atoms with Crippen LogP contribution in [0.4, 0.5) is 21.7 Å². The van der Waals surface area contributed by atoms with Crippen molar-refractivity contribution in [2.24, 2.45) is 5.73 Å². The Morgan fingerprint density at radius 3 is 2.76 bits per heavy atom. The van der Waals surface area contributed by atoms with Crippen molar-refractivity contribution < 1.29 is 8.81 Å². The van der Waals surface area contributed by atoms with Crippen molar-refractivity contribution in [2.45, 2.75) is 56.7 Å². The van der Waals surface area contributed by atoms with E-state index in [-0.39, 0.29) is 29.8 Å². The van der Waals surface area contributed by atoms with Gasteiger partial charge in [-0.15, -0.1) is 0 Å². The molecule has 5 rings (SSSR count). The number of hydrogen-bond acceptors (Lipinski definition) is 7. The lowest BCUT2D eigenvalue weighted by atomic mass is 9.91. The number of nitrogens with two attached hydrogens (primary N) is 1. The zero-order valence-corrected chi connectivity index (χ0v) is 18.9. The van der Waals surface area contributed by atoms with Crippen molar-refractivity contribution in [3.63, 3.8) is 0 Å². The van der Waals surface area contributed by atoms with Gasteiger partial charge in [0.05, 0.1) is 18.1 Å². The highest BCUT2D eigenvalue weighted by Crippen LogP contribution is 2.37. The molecule has 3 atom stereocenters. The third-order valence-electron chi connectivity index (χ3n) is 6.83.